The third-order valence-electron chi connectivity index (χ3n) is 3.72. The summed E-state index contributed by atoms with van der Waals surface area (Å²) >= 11 is 0. The molecule has 0 saturated heterocycles. The summed E-state index contributed by atoms with van der Waals surface area (Å²) in [5.41, 5.74) is 1.34. The van der Waals surface area contributed by atoms with Crippen LogP contribution >= 0.6 is 0 Å². The smallest absolute Gasteiger partial charge is 0.457 e. The van der Waals surface area contributed by atoms with Crippen molar-refractivity contribution < 1.29 is 27.0 Å². The average Bonchev–Trinajstić information content (AvgIpc) is 2.67. The molecule has 0 fully saturated rings. The molecule has 3 nitrogen and oxygen atoms in total. The molecular weight excluding hydrogens is 374 g/mol. The Morgan fingerprint density at radius 2 is 1.46 bits per heavy atom. The van der Waals surface area contributed by atoms with E-state index in [1.807, 2.05) is 42.5 Å². The van der Waals surface area contributed by atoms with E-state index in [0.717, 1.165) is 5.69 Å². The van der Waals surface area contributed by atoms with Crippen molar-refractivity contribution >= 4 is 5.69 Å². The van der Waals surface area contributed by atoms with Crippen molar-refractivity contribution in [3.8, 4) is 17.2 Å². The normalized spacial score (nSPS) is 11.3. The van der Waals surface area contributed by atoms with Gasteiger partial charge in [-0.15, -0.1) is 0 Å². The zero-order valence-corrected chi connectivity index (χ0v) is 14.6. The van der Waals surface area contributed by atoms with E-state index < -0.39 is 12.5 Å². The SMILES string of the molecule is FC(F)C(F)(F)Oc1cccc(CNc2cccc(Oc3ccccc3)c2)c1. The lowest BCUT2D eigenvalue weighted by Crippen LogP contribution is -2.33. The molecule has 0 radical (unpaired) electrons. The molecule has 3 rings (SSSR count). The Labute approximate surface area is 159 Å². The van der Waals surface area contributed by atoms with E-state index in [2.05, 4.69) is 10.1 Å². The van der Waals surface area contributed by atoms with Crippen molar-refractivity contribution in [1.29, 1.82) is 0 Å². The molecule has 0 aliphatic rings. The maximum atomic E-state index is 13.0. The first-order valence-corrected chi connectivity index (χ1v) is 8.43. The predicted molar refractivity (Wildman–Crippen MR) is 98.3 cm³/mol. The van der Waals surface area contributed by atoms with Crippen molar-refractivity contribution in [3.05, 3.63) is 84.4 Å². The van der Waals surface area contributed by atoms with Gasteiger partial charge in [0.1, 0.15) is 17.2 Å². The zero-order chi connectivity index (χ0) is 20.0. The van der Waals surface area contributed by atoms with Crippen LogP contribution in [0.4, 0.5) is 23.2 Å². The molecule has 0 heterocycles. The molecule has 3 aromatic carbocycles. The van der Waals surface area contributed by atoms with Gasteiger partial charge >= 0.3 is 12.5 Å². The van der Waals surface area contributed by atoms with Gasteiger partial charge in [-0.25, -0.2) is 0 Å². The van der Waals surface area contributed by atoms with Crippen molar-refractivity contribution in [2.45, 2.75) is 19.1 Å². The Kier molecular flexibility index (Phi) is 6.03. The maximum Gasteiger partial charge on any atom is 0.461 e. The lowest BCUT2D eigenvalue weighted by Gasteiger charge is -2.17. The van der Waals surface area contributed by atoms with Crippen molar-refractivity contribution in [2.75, 3.05) is 5.32 Å². The highest BCUT2D eigenvalue weighted by Gasteiger charge is 2.43. The molecule has 0 amide bonds. The predicted octanol–water partition coefficient (Wildman–Crippen LogP) is 6.33. The fourth-order valence-corrected chi connectivity index (χ4v) is 2.42. The number of anilines is 1. The fraction of sp³-hybridized carbons (Fsp3) is 0.143. The van der Waals surface area contributed by atoms with Crippen LogP contribution in [0.3, 0.4) is 0 Å². The topological polar surface area (TPSA) is 30.5 Å². The second kappa shape index (κ2) is 8.65. The molecule has 0 aliphatic carbocycles. The summed E-state index contributed by atoms with van der Waals surface area (Å²) in [5, 5.41) is 3.13. The Hall–Kier alpha value is -3.22. The number of halogens is 4. The van der Waals surface area contributed by atoms with Crippen LogP contribution in [0.25, 0.3) is 0 Å². The number of hydrogen-bond donors (Lipinski definition) is 1. The zero-order valence-electron chi connectivity index (χ0n) is 14.6. The molecule has 0 aromatic heterocycles. The Morgan fingerprint density at radius 3 is 2.21 bits per heavy atom. The van der Waals surface area contributed by atoms with Gasteiger partial charge in [0.15, 0.2) is 0 Å². The number of rotatable bonds is 8. The first-order valence-electron chi connectivity index (χ1n) is 8.43. The van der Waals surface area contributed by atoms with Crippen LogP contribution < -0.4 is 14.8 Å². The molecule has 28 heavy (non-hydrogen) atoms. The van der Waals surface area contributed by atoms with Gasteiger partial charge in [0.25, 0.3) is 0 Å². The minimum Gasteiger partial charge on any atom is -0.457 e. The van der Waals surface area contributed by atoms with Gasteiger partial charge in [0, 0.05) is 18.3 Å². The van der Waals surface area contributed by atoms with Gasteiger partial charge in [-0.3, -0.25) is 0 Å². The van der Waals surface area contributed by atoms with E-state index in [-0.39, 0.29) is 12.3 Å². The molecule has 0 spiro atoms. The van der Waals surface area contributed by atoms with Crippen LogP contribution in [0.2, 0.25) is 0 Å². The van der Waals surface area contributed by atoms with Crippen LogP contribution in [-0.2, 0) is 6.54 Å². The number of benzene rings is 3. The monoisotopic (exact) mass is 391 g/mol. The Bertz CT molecular complexity index is 904. The molecule has 1 N–H and O–H groups in total. The minimum atomic E-state index is -4.53. The third-order valence-corrected chi connectivity index (χ3v) is 3.72. The van der Waals surface area contributed by atoms with Crippen molar-refractivity contribution in [2.24, 2.45) is 0 Å². The van der Waals surface area contributed by atoms with Crippen LogP contribution in [0.1, 0.15) is 5.56 Å². The molecule has 3 aromatic rings. The number of hydrogen-bond acceptors (Lipinski definition) is 3. The standard InChI is InChI=1S/C21H17F4NO2/c22-20(23)21(24,25)28-19-11-4-6-15(12-19)14-26-16-7-5-10-18(13-16)27-17-8-2-1-3-9-17/h1-13,20,26H,14H2. The van der Waals surface area contributed by atoms with Crippen LogP contribution in [0.15, 0.2) is 78.9 Å². The van der Waals surface area contributed by atoms with Crippen molar-refractivity contribution in [1.82, 2.24) is 0 Å². The van der Waals surface area contributed by atoms with Gasteiger partial charge in [-0.1, -0.05) is 36.4 Å². The first-order chi connectivity index (χ1) is 13.4. The summed E-state index contributed by atoms with van der Waals surface area (Å²) in [6.45, 7) is 0.284. The molecule has 7 heteroatoms. The quantitative estimate of drug-likeness (QED) is 0.455. The summed E-state index contributed by atoms with van der Waals surface area (Å²) in [5.74, 6) is 1.00. The number of nitrogens with one attached hydrogen (secondary N) is 1. The van der Waals surface area contributed by atoms with E-state index in [1.165, 1.54) is 18.2 Å². The second-order valence-corrected chi connectivity index (χ2v) is 5.91. The lowest BCUT2D eigenvalue weighted by atomic mass is 10.2. The average molecular weight is 391 g/mol. The highest BCUT2D eigenvalue weighted by Crippen LogP contribution is 2.28. The maximum absolute atomic E-state index is 13.0. The van der Waals surface area contributed by atoms with E-state index in [9.17, 15) is 17.6 Å². The molecule has 0 saturated carbocycles. The van der Waals surface area contributed by atoms with E-state index in [0.29, 0.717) is 17.1 Å². The van der Waals surface area contributed by atoms with Crippen LogP contribution in [0.5, 0.6) is 17.2 Å². The van der Waals surface area contributed by atoms with E-state index in [1.54, 1.807) is 18.2 Å². The number of para-hydroxylation sites is 1. The summed E-state index contributed by atoms with van der Waals surface area (Å²) in [6.07, 6.45) is -8.43. The summed E-state index contributed by atoms with van der Waals surface area (Å²) in [6, 6.07) is 22.1. The number of alkyl halides is 4. The van der Waals surface area contributed by atoms with E-state index >= 15 is 0 Å². The van der Waals surface area contributed by atoms with Gasteiger partial charge in [0.2, 0.25) is 0 Å². The van der Waals surface area contributed by atoms with E-state index in [4.69, 9.17) is 4.74 Å². The highest BCUT2D eigenvalue weighted by atomic mass is 19.3. The first kappa shape index (κ1) is 19.5. The lowest BCUT2D eigenvalue weighted by molar-refractivity contribution is -0.253. The van der Waals surface area contributed by atoms with Crippen LogP contribution in [0, 0.1) is 0 Å². The molecule has 0 bridgehead atoms. The molecule has 0 aliphatic heterocycles. The largest absolute Gasteiger partial charge is 0.461 e. The summed E-state index contributed by atoms with van der Waals surface area (Å²) in [4.78, 5) is 0. The van der Waals surface area contributed by atoms with Gasteiger partial charge < -0.3 is 14.8 Å². The second-order valence-electron chi connectivity index (χ2n) is 5.91. The fourth-order valence-electron chi connectivity index (χ4n) is 2.42. The summed E-state index contributed by atoms with van der Waals surface area (Å²) < 4.78 is 60.5. The Morgan fingerprint density at radius 1 is 0.786 bits per heavy atom. The van der Waals surface area contributed by atoms with Gasteiger partial charge in [-0.05, 0) is 42.0 Å². The molecular formula is C21H17F4NO2. The van der Waals surface area contributed by atoms with Gasteiger partial charge in [-0.2, -0.15) is 17.6 Å². The summed E-state index contributed by atoms with van der Waals surface area (Å²) in [7, 11) is 0. The minimum absolute atomic E-state index is 0.284. The van der Waals surface area contributed by atoms with Gasteiger partial charge in [0.05, 0.1) is 0 Å². The number of ether oxygens (including phenoxy) is 2. The third kappa shape index (κ3) is 5.39. The molecule has 146 valence electrons. The highest BCUT2D eigenvalue weighted by molar-refractivity contribution is 5.49. The van der Waals surface area contributed by atoms with Crippen LogP contribution in [-0.4, -0.2) is 12.5 Å². The Balaban J connectivity index is 1.63. The molecule has 0 unspecified atom stereocenters. The molecule has 0 atom stereocenters. The van der Waals surface area contributed by atoms with Crippen molar-refractivity contribution in [3.63, 3.8) is 0 Å².